The zero-order valence-corrected chi connectivity index (χ0v) is 12.0. The number of nitrogens with two attached hydrogens (primary N) is 1. The topological polar surface area (TPSA) is 35.2 Å². The minimum atomic E-state index is 0.0709. The zero-order valence-electron chi connectivity index (χ0n) is 10.4. The maximum atomic E-state index is 6.38. The first-order valence-electron chi connectivity index (χ1n) is 6.31. The molecule has 1 fully saturated rings. The van der Waals surface area contributed by atoms with E-state index in [4.69, 9.17) is 10.5 Å². The number of rotatable bonds is 5. The lowest BCUT2D eigenvalue weighted by molar-refractivity contribution is 0.325. The van der Waals surface area contributed by atoms with E-state index in [1.54, 1.807) is 0 Å². The molecule has 0 aromatic heterocycles. The summed E-state index contributed by atoms with van der Waals surface area (Å²) in [6.07, 6.45) is 2.65. The van der Waals surface area contributed by atoms with E-state index in [1.165, 1.54) is 12.8 Å². The van der Waals surface area contributed by atoms with E-state index in [-0.39, 0.29) is 6.04 Å². The van der Waals surface area contributed by atoms with Gasteiger partial charge in [-0.05, 0) is 49.8 Å². The fourth-order valence-corrected chi connectivity index (χ4v) is 2.64. The summed E-state index contributed by atoms with van der Waals surface area (Å²) in [7, 11) is 0. The SMILES string of the molecule is CCOc1ccc(Br)cc1C(N)C(C)C1CC1. The van der Waals surface area contributed by atoms with E-state index in [2.05, 4.69) is 28.9 Å². The standard InChI is InChI=1S/C14H20BrNO/c1-3-17-13-7-6-11(15)8-12(13)14(16)9(2)10-4-5-10/h6-10,14H,3-5,16H2,1-2H3. The second kappa shape index (κ2) is 5.40. The van der Waals surface area contributed by atoms with Crippen molar-refractivity contribution in [3.05, 3.63) is 28.2 Å². The molecule has 17 heavy (non-hydrogen) atoms. The first kappa shape index (κ1) is 12.9. The first-order chi connectivity index (χ1) is 8.13. The molecule has 94 valence electrons. The molecule has 2 atom stereocenters. The van der Waals surface area contributed by atoms with Crippen LogP contribution in [-0.2, 0) is 0 Å². The second-order valence-electron chi connectivity index (χ2n) is 4.84. The maximum Gasteiger partial charge on any atom is 0.124 e. The van der Waals surface area contributed by atoms with E-state index in [0.717, 1.165) is 21.7 Å². The van der Waals surface area contributed by atoms with Gasteiger partial charge in [-0.25, -0.2) is 0 Å². The molecule has 0 bridgehead atoms. The van der Waals surface area contributed by atoms with Gasteiger partial charge in [0.2, 0.25) is 0 Å². The van der Waals surface area contributed by atoms with Gasteiger partial charge in [0, 0.05) is 16.1 Å². The van der Waals surface area contributed by atoms with Gasteiger partial charge in [0.25, 0.3) is 0 Å². The van der Waals surface area contributed by atoms with Crippen LogP contribution in [0.2, 0.25) is 0 Å². The van der Waals surface area contributed by atoms with Gasteiger partial charge in [-0.3, -0.25) is 0 Å². The van der Waals surface area contributed by atoms with Gasteiger partial charge >= 0.3 is 0 Å². The lowest BCUT2D eigenvalue weighted by Crippen LogP contribution is -2.21. The lowest BCUT2D eigenvalue weighted by Gasteiger charge is -2.22. The molecule has 0 aliphatic heterocycles. The Hall–Kier alpha value is -0.540. The van der Waals surface area contributed by atoms with Crippen LogP contribution in [0, 0.1) is 11.8 Å². The summed E-state index contributed by atoms with van der Waals surface area (Å²) in [5, 5.41) is 0. The summed E-state index contributed by atoms with van der Waals surface area (Å²) >= 11 is 3.51. The number of ether oxygens (including phenoxy) is 1. The van der Waals surface area contributed by atoms with Gasteiger partial charge in [0.05, 0.1) is 6.61 Å². The lowest BCUT2D eigenvalue weighted by atomic mass is 9.91. The Bertz CT molecular complexity index is 390. The fourth-order valence-electron chi connectivity index (χ4n) is 2.27. The van der Waals surface area contributed by atoms with Crippen LogP contribution in [-0.4, -0.2) is 6.61 Å². The molecule has 2 unspecified atom stereocenters. The first-order valence-corrected chi connectivity index (χ1v) is 7.10. The van der Waals surface area contributed by atoms with Crippen molar-refractivity contribution in [2.24, 2.45) is 17.6 Å². The van der Waals surface area contributed by atoms with Crippen molar-refractivity contribution in [2.75, 3.05) is 6.61 Å². The Balaban J connectivity index is 2.24. The minimum Gasteiger partial charge on any atom is -0.494 e. The molecule has 0 radical (unpaired) electrons. The van der Waals surface area contributed by atoms with E-state index in [0.29, 0.717) is 12.5 Å². The predicted molar refractivity (Wildman–Crippen MR) is 74.1 cm³/mol. The van der Waals surface area contributed by atoms with Crippen molar-refractivity contribution >= 4 is 15.9 Å². The smallest absolute Gasteiger partial charge is 0.124 e. The molecule has 2 N–H and O–H groups in total. The molecule has 3 heteroatoms. The molecule has 2 nitrogen and oxygen atoms in total. The molecule has 1 aliphatic rings. The Labute approximate surface area is 112 Å². The van der Waals surface area contributed by atoms with Gasteiger partial charge in [0.1, 0.15) is 5.75 Å². The highest BCUT2D eigenvalue weighted by Gasteiger charge is 2.33. The summed E-state index contributed by atoms with van der Waals surface area (Å²) in [6, 6.07) is 6.17. The van der Waals surface area contributed by atoms with E-state index in [9.17, 15) is 0 Å². The Kier molecular flexibility index (Phi) is 4.10. The van der Waals surface area contributed by atoms with Crippen LogP contribution >= 0.6 is 15.9 Å². The van der Waals surface area contributed by atoms with Crippen molar-refractivity contribution in [1.82, 2.24) is 0 Å². The van der Waals surface area contributed by atoms with Gasteiger partial charge in [-0.2, -0.15) is 0 Å². The molecule has 0 amide bonds. The largest absolute Gasteiger partial charge is 0.494 e. The highest BCUT2D eigenvalue weighted by atomic mass is 79.9. The minimum absolute atomic E-state index is 0.0709. The molecule has 0 heterocycles. The summed E-state index contributed by atoms with van der Waals surface area (Å²) in [6.45, 7) is 4.93. The average molecular weight is 298 g/mol. The second-order valence-corrected chi connectivity index (χ2v) is 5.75. The number of hydrogen-bond donors (Lipinski definition) is 1. The average Bonchev–Trinajstić information content (AvgIpc) is 3.14. The van der Waals surface area contributed by atoms with Gasteiger partial charge in [-0.15, -0.1) is 0 Å². The van der Waals surface area contributed by atoms with E-state index < -0.39 is 0 Å². The third-order valence-electron chi connectivity index (χ3n) is 3.56. The number of halogens is 1. The molecule has 1 aromatic carbocycles. The van der Waals surface area contributed by atoms with E-state index >= 15 is 0 Å². The molecule has 0 saturated heterocycles. The van der Waals surface area contributed by atoms with Crippen molar-refractivity contribution in [3.63, 3.8) is 0 Å². The van der Waals surface area contributed by atoms with Crippen molar-refractivity contribution in [3.8, 4) is 5.75 Å². The molecule has 0 spiro atoms. The van der Waals surface area contributed by atoms with Crippen molar-refractivity contribution in [1.29, 1.82) is 0 Å². The van der Waals surface area contributed by atoms with Crippen molar-refractivity contribution in [2.45, 2.75) is 32.7 Å². The fraction of sp³-hybridized carbons (Fsp3) is 0.571. The highest BCUT2D eigenvalue weighted by Crippen LogP contribution is 2.43. The van der Waals surface area contributed by atoms with Crippen LogP contribution in [0.5, 0.6) is 5.75 Å². The quantitative estimate of drug-likeness (QED) is 0.895. The summed E-state index contributed by atoms with van der Waals surface area (Å²) < 4.78 is 6.73. The third-order valence-corrected chi connectivity index (χ3v) is 4.06. The van der Waals surface area contributed by atoms with Gasteiger partial charge in [-0.1, -0.05) is 22.9 Å². The van der Waals surface area contributed by atoms with E-state index in [1.807, 2.05) is 19.1 Å². The summed E-state index contributed by atoms with van der Waals surface area (Å²) in [5.41, 5.74) is 7.50. The zero-order chi connectivity index (χ0) is 12.4. The van der Waals surface area contributed by atoms with Gasteiger partial charge in [0.15, 0.2) is 0 Å². The molecular formula is C14H20BrNO. The number of benzene rings is 1. The Morgan fingerprint density at radius 3 is 2.76 bits per heavy atom. The summed E-state index contributed by atoms with van der Waals surface area (Å²) in [5.74, 6) is 2.26. The molecule has 1 aliphatic carbocycles. The summed E-state index contributed by atoms with van der Waals surface area (Å²) in [4.78, 5) is 0. The molecule has 1 aromatic rings. The van der Waals surface area contributed by atoms with Crippen LogP contribution in [0.1, 0.15) is 38.3 Å². The highest BCUT2D eigenvalue weighted by molar-refractivity contribution is 9.10. The van der Waals surface area contributed by atoms with Crippen LogP contribution in [0.25, 0.3) is 0 Å². The van der Waals surface area contributed by atoms with Crippen LogP contribution in [0.3, 0.4) is 0 Å². The number of hydrogen-bond acceptors (Lipinski definition) is 2. The van der Waals surface area contributed by atoms with Crippen molar-refractivity contribution < 1.29 is 4.74 Å². The third kappa shape index (κ3) is 3.02. The Morgan fingerprint density at radius 1 is 1.47 bits per heavy atom. The Morgan fingerprint density at radius 2 is 2.18 bits per heavy atom. The monoisotopic (exact) mass is 297 g/mol. The molecular weight excluding hydrogens is 278 g/mol. The maximum absolute atomic E-state index is 6.38. The molecule has 1 saturated carbocycles. The van der Waals surface area contributed by atoms with Gasteiger partial charge < -0.3 is 10.5 Å². The normalized spacial score (nSPS) is 18.8. The molecule has 2 rings (SSSR count). The van der Waals surface area contributed by atoms with Crippen LogP contribution in [0.15, 0.2) is 22.7 Å². The van der Waals surface area contributed by atoms with Crippen LogP contribution < -0.4 is 10.5 Å². The predicted octanol–water partition coefficient (Wildman–Crippen LogP) is 3.89. The van der Waals surface area contributed by atoms with Crippen LogP contribution in [0.4, 0.5) is 0 Å².